The summed E-state index contributed by atoms with van der Waals surface area (Å²) in [7, 11) is 1.82. The van der Waals surface area contributed by atoms with Crippen LogP contribution in [0.2, 0.25) is 5.02 Å². The van der Waals surface area contributed by atoms with E-state index >= 15 is 0 Å². The van der Waals surface area contributed by atoms with Gasteiger partial charge in [-0.25, -0.2) is 0 Å². The number of aryl methyl sites for hydroxylation is 2. The summed E-state index contributed by atoms with van der Waals surface area (Å²) in [5.74, 6) is 0. The molecular formula is C10H12ClN3O. The lowest BCUT2D eigenvalue weighted by atomic mass is 10.3. The number of hydrogen-bond donors (Lipinski definition) is 1. The van der Waals surface area contributed by atoms with Crippen molar-refractivity contribution in [3.05, 3.63) is 27.8 Å². The molecule has 5 heteroatoms. The van der Waals surface area contributed by atoms with Crippen LogP contribution >= 0.6 is 11.6 Å². The highest BCUT2D eigenvalue weighted by molar-refractivity contribution is 6.35. The minimum absolute atomic E-state index is 0.0880. The first-order chi connectivity index (χ1) is 7.06. The second-order valence-corrected chi connectivity index (χ2v) is 3.89. The molecule has 2 aromatic rings. The SMILES string of the molecule is CCn1cc(Cl)c2c(c(N)cn2C)c1=O. The lowest BCUT2D eigenvalue weighted by Crippen LogP contribution is -2.19. The van der Waals surface area contributed by atoms with Gasteiger partial charge in [0.15, 0.2) is 0 Å². The zero-order valence-corrected chi connectivity index (χ0v) is 9.38. The lowest BCUT2D eigenvalue weighted by Gasteiger charge is -2.05. The molecule has 0 bridgehead atoms. The molecule has 0 aliphatic heterocycles. The van der Waals surface area contributed by atoms with Crippen LogP contribution in [0.15, 0.2) is 17.2 Å². The summed E-state index contributed by atoms with van der Waals surface area (Å²) in [5, 5.41) is 1.05. The van der Waals surface area contributed by atoms with Crippen LogP contribution in [0, 0.1) is 0 Å². The Kier molecular flexibility index (Phi) is 2.23. The van der Waals surface area contributed by atoms with E-state index in [0.29, 0.717) is 28.2 Å². The fourth-order valence-corrected chi connectivity index (χ4v) is 2.14. The van der Waals surface area contributed by atoms with E-state index < -0.39 is 0 Å². The summed E-state index contributed by atoms with van der Waals surface area (Å²) in [6.45, 7) is 2.48. The van der Waals surface area contributed by atoms with Crippen molar-refractivity contribution < 1.29 is 0 Å². The minimum Gasteiger partial charge on any atom is -0.397 e. The summed E-state index contributed by atoms with van der Waals surface area (Å²) in [6.07, 6.45) is 3.35. The summed E-state index contributed by atoms with van der Waals surface area (Å²) < 4.78 is 3.33. The molecule has 0 saturated heterocycles. The number of nitrogens with two attached hydrogens (primary N) is 1. The number of pyridine rings is 1. The van der Waals surface area contributed by atoms with Crippen molar-refractivity contribution in [3.8, 4) is 0 Å². The zero-order chi connectivity index (χ0) is 11.2. The summed E-state index contributed by atoms with van der Waals surface area (Å²) in [5.41, 5.74) is 6.86. The summed E-state index contributed by atoms with van der Waals surface area (Å²) in [4.78, 5) is 12.0. The minimum atomic E-state index is -0.0880. The number of fused-ring (bicyclic) bond motifs is 1. The molecule has 2 heterocycles. The van der Waals surface area contributed by atoms with Gasteiger partial charge in [0.25, 0.3) is 5.56 Å². The molecule has 0 saturated carbocycles. The summed E-state index contributed by atoms with van der Waals surface area (Å²) >= 11 is 6.10. The normalized spacial score (nSPS) is 11.1. The van der Waals surface area contributed by atoms with Crippen LogP contribution in [0.1, 0.15) is 6.92 Å². The van der Waals surface area contributed by atoms with Crippen molar-refractivity contribution in [2.75, 3.05) is 5.73 Å². The maximum absolute atomic E-state index is 12.0. The van der Waals surface area contributed by atoms with E-state index in [1.807, 2.05) is 14.0 Å². The molecular weight excluding hydrogens is 214 g/mol. The Bertz CT molecular complexity index is 582. The second-order valence-electron chi connectivity index (χ2n) is 3.49. The third kappa shape index (κ3) is 1.33. The number of rotatable bonds is 1. The van der Waals surface area contributed by atoms with Gasteiger partial charge < -0.3 is 14.9 Å². The number of nitrogen functional groups attached to an aromatic ring is 1. The second kappa shape index (κ2) is 3.31. The molecule has 0 amide bonds. The number of halogens is 1. The average Bonchev–Trinajstić information content (AvgIpc) is 2.48. The molecule has 0 spiro atoms. The van der Waals surface area contributed by atoms with Gasteiger partial charge >= 0.3 is 0 Å². The highest BCUT2D eigenvalue weighted by atomic mass is 35.5. The Hall–Kier alpha value is -1.42. The topological polar surface area (TPSA) is 52.9 Å². The Balaban J connectivity index is 3.03. The molecule has 2 aromatic heterocycles. The van der Waals surface area contributed by atoms with Crippen LogP contribution in [0.3, 0.4) is 0 Å². The van der Waals surface area contributed by atoms with Crippen molar-refractivity contribution in [2.45, 2.75) is 13.5 Å². The molecule has 4 nitrogen and oxygen atoms in total. The molecule has 0 radical (unpaired) electrons. The van der Waals surface area contributed by atoms with Crippen molar-refractivity contribution in [1.82, 2.24) is 9.13 Å². The van der Waals surface area contributed by atoms with E-state index in [9.17, 15) is 4.79 Å². The fraction of sp³-hybridized carbons (Fsp3) is 0.300. The van der Waals surface area contributed by atoms with Crippen molar-refractivity contribution in [2.24, 2.45) is 7.05 Å². The van der Waals surface area contributed by atoms with Gasteiger partial charge in [-0.2, -0.15) is 0 Å². The van der Waals surface area contributed by atoms with Gasteiger partial charge in [0.05, 0.1) is 21.6 Å². The van der Waals surface area contributed by atoms with Gasteiger partial charge in [-0.1, -0.05) is 11.6 Å². The van der Waals surface area contributed by atoms with E-state index in [2.05, 4.69) is 0 Å². The lowest BCUT2D eigenvalue weighted by molar-refractivity contribution is 0.734. The van der Waals surface area contributed by atoms with Gasteiger partial charge in [0.1, 0.15) is 0 Å². The first kappa shape index (κ1) is 10.1. The Labute approximate surface area is 91.9 Å². The molecule has 80 valence electrons. The number of hydrogen-bond acceptors (Lipinski definition) is 2. The molecule has 0 fully saturated rings. The van der Waals surface area contributed by atoms with E-state index in [4.69, 9.17) is 17.3 Å². The monoisotopic (exact) mass is 225 g/mol. The van der Waals surface area contributed by atoms with Gasteiger partial charge in [0, 0.05) is 26.0 Å². The van der Waals surface area contributed by atoms with Gasteiger partial charge in [0.2, 0.25) is 0 Å². The van der Waals surface area contributed by atoms with Gasteiger partial charge in [-0.3, -0.25) is 4.79 Å². The Morgan fingerprint density at radius 3 is 2.73 bits per heavy atom. The highest BCUT2D eigenvalue weighted by Crippen LogP contribution is 2.25. The van der Waals surface area contributed by atoms with E-state index in [1.165, 1.54) is 0 Å². The smallest absolute Gasteiger partial charge is 0.262 e. The fourth-order valence-electron chi connectivity index (χ4n) is 1.80. The third-order valence-electron chi connectivity index (χ3n) is 2.52. The van der Waals surface area contributed by atoms with Crippen LogP contribution in [0.5, 0.6) is 0 Å². The number of nitrogens with zero attached hydrogens (tertiary/aromatic N) is 2. The largest absolute Gasteiger partial charge is 0.397 e. The van der Waals surface area contributed by atoms with E-state index in [0.717, 1.165) is 0 Å². The van der Waals surface area contributed by atoms with Crippen LogP contribution in [-0.4, -0.2) is 9.13 Å². The third-order valence-corrected chi connectivity index (χ3v) is 2.80. The van der Waals surface area contributed by atoms with Crippen molar-refractivity contribution in [3.63, 3.8) is 0 Å². The average molecular weight is 226 g/mol. The molecule has 0 aromatic carbocycles. The molecule has 0 unspecified atom stereocenters. The van der Waals surface area contributed by atoms with Crippen LogP contribution < -0.4 is 11.3 Å². The van der Waals surface area contributed by atoms with Gasteiger partial charge in [-0.05, 0) is 6.92 Å². The molecule has 0 atom stereocenters. The quantitative estimate of drug-likeness (QED) is 0.802. The molecule has 2 N–H and O–H groups in total. The zero-order valence-electron chi connectivity index (χ0n) is 8.62. The van der Waals surface area contributed by atoms with E-state index in [1.54, 1.807) is 21.5 Å². The summed E-state index contributed by atoms with van der Waals surface area (Å²) in [6, 6.07) is 0. The first-order valence-electron chi connectivity index (χ1n) is 4.69. The maximum Gasteiger partial charge on any atom is 0.262 e. The standard InChI is InChI=1S/C10H12ClN3O/c1-3-14-4-6(11)9-8(10(14)15)7(12)5-13(9)2/h4-5H,3,12H2,1-2H3. The van der Waals surface area contributed by atoms with Crippen LogP contribution in [-0.2, 0) is 13.6 Å². The molecule has 0 aliphatic rings. The highest BCUT2D eigenvalue weighted by Gasteiger charge is 2.13. The van der Waals surface area contributed by atoms with E-state index in [-0.39, 0.29) is 5.56 Å². The predicted octanol–water partition coefficient (Wildman–Crippen LogP) is 1.60. The number of aromatic nitrogens is 2. The molecule has 15 heavy (non-hydrogen) atoms. The Morgan fingerprint density at radius 1 is 1.47 bits per heavy atom. The molecule has 2 rings (SSSR count). The first-order valence-corrected chi connectivity index (χ1v) is 5.07. The van der Waals surface area contributed by atoms with Crippen LogP contribution in [0.4, 0.5) is 5.69 Å². The van der Waals surface area contributed by atoms with Crippen molar-refractivity contribution in [1.29, 1.82) is 0 Å². The number of anilines is 1. The maximum atomic E-state index is 12.0. The van der Waals surface area contributed by atoms with Crippen LogP contribution in [0.25, 0.3) is 10.9 Å². The van der Waals surface area contributed by atoms with Gasteiger partial charge in [-0.15, -0.1) is 0 Å². The van der Waals surface area contributed by atoms with Crippen molar-refractivity contribution >= 4 is 28.2 Å². The molecule has 0 aliphatic carbocycles. The predicted molar refractivity (Wildman–Crippen MR) is 62.3 cm³/mol. The Morgan fingerprint density at radius 2 is 2.13 bits per heavy atom.